The Kier molecular flexibility index (Phi) is 8.92. The predicted molar refractivity (Wildman–Crippen MR) is 131 cm³/mol. The van der Waals surface area contributed by atoms with Crippen LogP contribution in [0.25, 0.3) is 11.1 Å². The van der Waals surface area contributed by atoms with Crippen LogP contribution in [0.15, 0.2) is 24.5 Å². The molecule has 2 aromatic heterocycles. The van der Waals surface area contributed by atoms with Gasteiger partial charge in [0.05, 0.1) is 24.6 Å². The second kappa shape index (κ2) is 11.9. The summed E-state index contributed by atoms with van der Waals surface area (Å²) in [6.45, 7) is 1.27. The maximum atomic E-state index is 13.4. The Labute approximate surface area is 210 Å². The number of thioether (sulfide) groups is 1. The summed E-state index contributed by atoms with van der Waals surface area (Å²) in [5.74, 6) is 4.97. The van der Waals surface area contributed by atoms with Gasteiger partial charge < -0.3 is 26.8 Å². The highest BCUT2D eigenvalue weighted by Crippen LogP contribution is 2.35. The molecule has 2 heterocycles. The van der Waals surface area contributed by atoms with E-state index in [0.717, 1.165) is 36.9 Å². The molecule has 2 atom stereocenters. The zero-order valence-corrected chi connectivity index (χ0v) is 20.3. The average Bonchev–Trinajstić information content (AvgIpc) is 3.66. The predicted octanol–water partition coefficient (Wildman–Crippen LogP) is 2.28. The third-order valence-corrected chi connectivity index (χ3v) is 5.66. The van der Waals surface area contributed by atoms with Crippen molar-refractivity contribution in [2.24, 2.45) is 17.4 Å². The molecule has 7 N–H and O–H groups in total. The van der Waals surface area contributed by atoms with Crippen molar-refractivity contribution < 1.29 is 23.1 Å². The lowest BCUT2D eigenvalue weighted by molar-refractivity contribution is -0.119. The minimum atomic E-state index is -2.87. The quantitative estimate of drug-likeness (QED) is 0.154. The Hall–Kier alpha value is -3.60. The van der Waals surface area contributed by atoms with E-state index in [9.17, 15) is 18.4 Å². The number of nitrogens with one attached hydrogen (secondary N) is 3. The largest absolute Gasteiger partial charge is 0.494 e. The number of alkyl halides is 2. The molecule has 0 aliphatic heterocycles. The summed E-state index contributed by atoms with van der Waals surface area (Å²) in [5.41, 5.74) is 10.9. The fourth-order valence-electron chi connectivity index (χ4n) is 3.08. The van der Waals surface area contributed by atoms with Crippen LogP contribution >= 0.6 is 11.8 Å². The molecule has 0 radical (unpaired) electrons. The summed E-state index contributed by atoms with van der Waals surface area (Å²) in [6, 6.07) is 2.49. The minimum Gasteiger partial charge on any atom is -0.494 e. The molecule has 3 rings (SSSR count). The Balaban J connectivity index is 1.97. The van der Waals surface area contributed by atoms with Crippen LogP contribution < -0.4 is 26.8 Å². The average molecular weight is 518 g/mol. The van der Waals surface area contributed by atoms with Gasteiger partial charge in [-0.05, 0) is 30.9 Å². The molecule has 0 spiro atoms. The molecule has 2 amide bonds. The summed E-state index contributed by atoms with van der Waals surface area (Å²) in [4.78, 5) is 32.4. The Morgan fingerprint density at radius 1 is 1.17 bits per heavy atom. The van der Waals surface area contributed by atoms with Crippen molar-refractivity contribution >= 4 is 28.6 Å². The summed E-state index contributed by atoms with van der Waals surface area (Å²) in [5, 5.41) is 12.9. The minimum absolute atomic E-state index is 0.00190. The SMILES string of the molecule is COc1cnc(C(F)F)cc1-c1cc(C(N)NC(C)=O)ncc1C(=O)NC(N)SC(=N)C#CC1CC1. The van der Waals surface area contributed by atoms with E-state index in [1.807, 2.05) is 0 Å². The van der Waals surface area contributed by atoms with Crippen molar-refractivity contribution in [2.75, 3.05) is 7.11 Å². The molecule has 190 valence electrons. The highest BCUT2D eigenvalue weighted by atomic mass is 32.2. The summed E-state index contributed by atoms with van der Waals surface area (Å²) < 4.78 is 32.1. The highest BCUT2D eigenvalue weighted by molar-refractivity contribution is 8.14. The molecule has 1 aliphatic rings. The van der Waals surface area contributed by atoms with Crippen LogP contribution in [0.4, 0.5) is 8.78 Å². The maximum absolute atomic E-state index is 13.4. The number of carbonyl (C=O) groups excluding carboxylic acids is 2. The zero-order valence-electron chi connectivity index (χ0n) is 19.5. The number of nitrogens with zero attached hydrogens (tertiary/aromatic N) is 2. The first-order valence-corrected chi connectivity index (χ1v) is 11.6. The monoisotopic (exact) mass is 517 g/mol. The molecule has 1 saturated carbocycles. The number of rotatable bonds is 8. The number of hydrogen-bond donors (Lipinski definition) is 5. The van der Waals surface area contributed by atoms with Gasteiger partial charge in [0.15, 0.2) is 0 Å². The molecule has 13 heteroatoms. The first-order chi connectivity index (χ1) is 17.1. The number of aromatic nitrogens is 2. The van der Waals surface area contributed by atoms with E-state index in [2.05, 4.69) is 32.4 Å². The standard InChI is InChI=1S/C23H25F2N7O3S/c1-11(33)31-21(27)17-7-13(14-8-16(20(24)25)30-10-18(14)35-2)15(9-29-17)22(34)32-23(28)36-19(26)6-5-12-3-4-12/h7-10,12,20-21,23,26H,3-4,27-28H2,1-2H3,(H,31,33)(H,32,34). The van der Waals surface area contributed by atoms with Gasteiger partial charge in [-0.15, -0.1) is 0 Å². The number of methoxy groups -OCH3 is 1. The van der Waals surface area contributed by atoms with Crippen molar-refractivity contribution in [2.45, 2.75) is 37.9 Å². The van der Waals surface area contributed by atoms with Crippen LogP contribution in [0.5, 0.6) is 5.75 Å². The van der Waals surface area contributed by atoms with Gasteiger partial charge >= 0.3 is 0 Å². The van der Waals surface area contributed by atoms with Gasteiger partial charge in [-0.1, -0.05) is 17.7 Å². The third kappa shape index (κ3) is 7.20. The summed E-state index contributed by atoms with van der Waals surface area (Å²) in [6.07, 6.45) is 0.437. The Morgan fingerprint density at radius 3 is 2.44 bits per heavy atom. The fourth-order valence-corrected chi connectivity index (χ4v) is 3.62. The fraction of sp³-hybridized carbons (Fsp3) is 0.348. The molecule has 0 aromatic carbocycles. The van der Waals surface area contributed by atoms with Crippen LogP contribution in [0.2, 0.25) is 0 Å². The highest BCUT2D eigenvalue weighted by Gasteiger charge is 2.23. The van der Waals surface area contributed by atoms with E-state index in [4.69, 9.17) is 21.6 Å². The number of hydrogen-bond acceptors (Lipinski definition) is 9. The van der Waals surface area contributed by atoms with Gasteiger partial charge in [0.1, 0.15) is 28.2 Å². The van der Waals surface area contributed by atoms with Gasteiger partial charge in [0.2, 0.25) is 5.91 Å². The van der Waals surface area contributed by atoms with Crippen molar-refractivity contribution in [1.29, 1.82) is 5.41 Å². The van der Waals surface area contributed by atoms with Crippen molar-refractivity contribution in [3.05, 3.63) is 41.5 Å². The molecule has 1 aliphatic carbocycles. The van der Waals surface area contributed by atoms with Crippen LogP contribution in [-0.2, 0) is 4.79 Å². The van der Waals surface area contributed by atoms with Gasteiger partial charge in [-0.2, -0.15) is 0 Å². The molecule has 10 nitrogen and oxygen atoms in total. The van der Waals surface area contributed by atoms with Crippen LogP contribution in [-0.4, -0.2) is 39.4 Å². The van der Waals surface area contributed by atoms with Gasteiger partial charge in [0, 0.05) is 30.2 Å². The lowest BCUT2D eigenvalue weighted by Gasteiger charge is -2.19. The van der Waals surface area contributed by atoms with E-state index in [-0.39, 0.29) is 33.2 Å². The normalized spacial score (nSPS) is 14.3. The summed E-state index contributed by atoms with van der Waals surface area (Å²) >= 11 is 0.857. The molecule has 1 fully saturated rings. The molecular weight excluding hydrogens is 492 g/mol. The van der Waals surface area contributed by atoms with E-state index in [1.54, 1.807) is 0 Å². The van der Waals surface area contributed by atoms with Gasteiger partial charge in [0.25, 0.3) is 12.3 Å². The van der Waals surface area contributed by atoms with E-state index < -0.39 is 35.6 Å². The second-order valence-electron chi connectivity index (χ2n) is 7.83. The van der Waals surface area contributed by atoms with Crippen molar-refractivity contribution in [1.82, 2.24) is 20.6 Å². The van der Waals surface area contributed by atoms with Crippen LogP contribution in [0.1, 0.15) is 54.1 Å². The first kappa shape index (κ1) is 27.0. The number of nitrogens with two attached hydrogens (primary N) is 2. The lowest BCUT2D eigenvalue weighted by atomic mass is 9.98. The number of ether oxygens (including phenoxy) is 1. The number of halogens is 2. The molecule has 0 bridgehead atoms. The zero-order chi connectivity index (χ0) is 26.4. The maximum Gasteiger partial charge on any atom is 0.280 e. The number of carbonyl (C=O) groups is 2. The first-order valence-electron chi connectivity index (χ1n) is 10.8. The van der Waals surface area contributed by atoms with E-state index in [0.29, 0.717) is 5.92 Å². The lowest BCUT2D eigenvalue weighted by Crippen LogP contribution is -2.40. The third-order valence-electron chi connectivity index (χ3n) is 4.95. The van der Waals surface area contributed by atoms with Crippen LogP contribution in [0, 0.1) is 23.2 Å². The molecule has 2 unspecified atom stereocenters. The Bertz CT molecular complexity index is 1230. The summed E-state index contributed by atoms with van der Waals surface area (Å²) in [7, 11) is 1.33. The van der Waals surface area contributed by atoms with Gasteiger partial charge in [-0.25, -0.2) is 8.78 Å². The van der Waals surface area contributed by atoms with Crippen molar-refractivity contribution in [3.8, 4) is 28.7 Å². The van der Waals surface area contributed by atoms with E-state index >= 15 is 0 Å². The molecular formula is C23H25F2N7O3S. The smallest absolute Gasteiger partial charge is 0.280 e. The second-order valence-corrected chi connectivity index (χ2v) is 8.98. The molecule has 2 aromatic rings. The van der Waals surface area contributed by atoms with E-state index in [1.165, 1.54) is 26.3 Å². The topological polar surface area (TPSA) is 169 Å². The number of amides is 2. The van der Waals surface area contributed by atoms with Crippen molar-refractivity contribution in [3.63, 3.8) is 0 Å². The molecule has 36 heavy (non-hydrogen) atoms. The van der Waals surface area contributed by atoms with Crippen LogP contribution in [0.3, 0.4) is 0 Å². The molecule has 0 saturated heterocycles. The van der Waals surface area contributed by atoms with Gasteiger partial charge in [-0.3, -0.25) is 25.0 Å². The Morgan fingerprint density at radius 2 is 1.83 bits per heavy atom. The number of pyridine rings is 2.